The molecule has 2 heterocycles. The van der Waals surface area contributed by atoms with E-state index in [2.05, 4.69) is 20.0 Å². The van der Waals surface area contributed by atoms with Gasteiger partial charge >= 0.3 is 0 Å². The lowest BCUT2D eigenvalue weighted by atomic mass is 9.85. The topological polar surface area (TPSA) is 101 Å². The van der Waals surface area contributed by atoms with Crippen LogP contribution >= 0.6 is 22.7 Å². The molecule has 4 aromatic rings. The molecule has 2 aromatic carbocycles. The van der Waals surface area contributed by atoms with Crippen LogP contribution in [0.15, 0.2) is 71.1 Å². The molecule has 0 amide bonds. The number of Topliss-reactive ketones (excluding diaryl/α,β-unsaturated/α-hetero) is 1. The van der Waals surface area contributed by atoms with E-state index in [0.717, 1.165) is 17.7 Å². The van der Waals surface area contributed by atoms with Gasteiger partial charge in [-0.1, -0.05) is 41.7 Å². The number of benzene rings is 2. The van der Waals surface area contributed by atoms with Crippen LogP contribution in [0.5, 0.6) is 0 Å². The van der Waals surface area contributed by atoms with Crippen molar-refractivity contribution in [3.05, 3.63) is 82.3 Å². The molecular formula is C22H18N4O3S3. The molecule has 2 aromatic heterocycles. The molecule has 0 bridgehead atoms. The van der Waals surface area contributed by atoms with Crippen LogP contribution in [0.4, 0.5) is 16.0 Å². The van der Waals surface area contributed by atoms with Crippen molar-refractivity contribution < 1.29 is 13.2 Å². The van der Waals surface area contributed by atoms with Gasteiger partial charge in [0.25, 0.3) is 10.0 Å². The number of hydrogen-bond acceptors (Lipinski definition) is 8. The van der Waals surface area contributed by atoms with Crippen LogP contribution in [0.3, 0.4) is 0 Å². The number of carbonyl (C=O) groups is 1. The van der Waals surface area contributed by atoms with Gasteiger partial charge in [-0.15, -0.1) is 11.3 Å². The van der Waals surface area contributed by atoms with Crippen molar-refractivity contribution in [2.45, 2.75) is 23.7 Å². The predicted octanol–water partition coefficient (Wildman–Crippen LogP) is 5.06. The third kappa shape index (κ3) is 4.29. The van der Waals surface area contributed by atoms with Crippen LogP contribution in [0.2, 0.25) is 0 Å². The minimum absolute atomic E-state index is 0.111. The molecule has 5 rings (SSSR count). The van der Waals surface area contributed by atoms with Crippen molar-refractivity contribution in [1.82, 2.24) is 9.97 Å². The number of nitrogens with zero attached hydrogens (tertiary/aromatic N) is 2. The van der Waals surface area contributed by atoms with E-state index in [1.807, 2.05) is 30.3 Å². The summed E-state index contributed by atoms with van der Waals surface area (Å²) in [6, 6.07) is 16.4. The molecule has 0 fully saturated rings. The molecule has 0 spiro atoms. The fourth-order valence-corrected chi connectivity index (χ4v) is 6.38. The summed E-state index contributed by atoms with van der Waals surface area (Å²) >= 11 is 2.55. The van der Waals surface area contributed by atoms with E-state index in [1.165, 1.54) is 41.0 Å². The minimum Gasteiger partial charge on any atom is -0.332 e. The van der Waals surface area contributed by atoms with Gasteiger partial charge in [-0.2, -0.15) is 0 Å². The lowest BCUT2D eigenvalue weighted by Crippen LogP contribution is -2.17. The predicted molar refractivity (Wildman–Crippen MR) is 127 cm³/mol. The zero-order chi connectivity index (χ0) is 22.1. The Morgan fingerprint density at radius 1 is 0.969 bits per heavy atom. The zero-order valence-corrected chi connectivity index (χ0v) is 19.1. The van der Waals surface area contributed by atoms with E-state index in [1.54, 1.807) is 17.5 Å². The first kappa shape index (κ1) is 20.8. The van der Waals surface area contributed by atoms with Gasteiger partial charge in [-0.3, -0.25) is 9.52 Å². The highest BCUT2D eigenvalue weighted by molar-refractivity contribution is 7.93. The summed E-state index contributed by atoms with van der Waals surface area (Å²) in [6.07, 6.45) is 2.75. The Labute approximate surface area is 193 Å². The van der Waals surface area contributed by atoms with Crippen LogP contribution in [0.25, 0.3) is 0 Å². The summed E-state index contributed by atoms with van der Waals surface area (Å²) in [5, 5.41) is 5.83. The Bertz CT molecular complexity index is 1350. The van der Waals surface area contributed by atoms with Crippen LogP contribution in [0, 0.1) is 0 Å². The summed E-state index contributed by atoms with van der Waals surface area (Å²) in [5.74, 6) is 0.251. The van der Waals surface area contributed by atoms with Crippen molar-refractivity contribution in [3.8, 4) is 0 Å². The summed E-state index contributed by atoms with van der Waals surface area (Å²) in [5.41, 5.74) is 2.66. The number of rotatable bonds is 6. The standard InChI is InChI=1S/C22H18N4O3S3/c27-19-13-15(14-4-2-1-3-5-14)12-18-20(19)31-22(25-18)24-16-6-8-17(9-7-16)32(28,29)26-21-23-10-11-30-21/h1-11,15H,12-13H2,(H,23,26)(H,24,25). The quantitative estimate of drug-likeness (QED) is 0.399. The van der Waals surface area contributed by atoms with Crippen molar-refractivity contribution in [2.75, 3.05) is 10.0 Å². The summed E-state index contributed by atoms with van der Waals surface area (Å²) < 4.78 is 27.4. The summed E-state index contributed by atoms with van der Waals surface area (Å²) in [6.45, 7) is 0. The first-order chi connectivity index (χ1) is 15.5. The van der Waals surface area contributed by atoms with Crippen LogP contribution < -0.4 is 10.0 Å². The van der Waals surface area contributed by atoms with Gasteiger partial charge in [0.2, 0.25) is 0 Å². The lowest BCUT2D eigenvalue weighted by molar-refractivity contribution is 0.0968. The monoisotopic (exact) mass is 482 g/mol. The van der Waals surface area contributed by atoms with Gasteiger partial charge in [0.15, 0.2) is 16.0 Å². The van der Waals surface area contributed by atoms with E-state index in [4.69, 9.17) is 0 Å². The zero-order valence-electron chi connectivity index (χ0n) is 16.7. The molecule has 32 heavy (non-hydrogen) atoms. The van der Waals surface area contributed by atoms with E-state index >= 15 is 0 Å². The van der Waals surface area contributed by atoms with Gasteiger partial charge in [0, 0.05) is 23.7 Å². The number of anilines is 3. The van der Waals surface area contributed by atoms with Gasteiger partial charge < -0.3 is 5.32 Å². The van der Waals surface area contributed by atoms with Crippen LogP contribution in [-0.2, 0) is 16.4 Å². The number of ketones is 1. The number of hydrogen-bond donors (Lipinski definition) is 2. The average molecular weight is 483 g/mol. The van der Waals surface area contributed by atoms with Crippen molar-refractivity contribution in [2.24, 2.45) is 0 Å². The molecule has 1 aliphatic carbocycles. The van der Waals surface area contributed by atoms with Gasteiger partial charge in [-0.05, 0) is 42.2 Å². The van der Waals surface area contributed by atoms with Crippen LogP contribution in [0.1, 0.15) is 33.3 Å². The molecule has 10 heteroatoms. The number of carbonyl (C=O) groups excluding carboxylic acids is 1. The van der Waals surface area contributed by atoms with Crippen molar-refractivity contribution in [3.63, 3.8) is 0 Å². The molecule has 7 nitrogen and oxygen atoms in total. The highest BCUT2D eigenvalue weighted by atomic mass is 32.2. The Kier molecular flexibility index (Phi) is 5.50. The summed E-state index contributed by atoms with van der Waals surface area (Å²) in [4.78, 5) is 22.1. The SMILES string of the molecule is O=C1CC(c2ccccc2)Cc2nc(Nc3ccc(S(=O)(=O)Nc4nccs4)cc3)sc21. The minimum atomic E-state index is -3.70. The maximum Gasteiger partial charge on any atom is 0.263 e. The third-order valence-corrected chi connectivity index (χ3v) is 8.39. The number of nitrogens with one attached hydrogen (secondary N) is 2. The first-order valence-corrected chi connectivity index (χ1v) is 13.0. The number of thiazole rings is 2. The van der Waals surface area contributed by atoms with E-state index in [-0.39, 0.29) is 16.6 Å². The number of sulfonamides is 1. The second kappa shape index (κ2) is 8.45. The normalized spacial score (nSPS) is 15.9. The maximum absolute atomic E-state index is 12.7. The Balaban J connectivity index is 1.31. The summed E-state index contributed by atoms with van der Waals surface area (Å²) in [7, 11) is -3.70. The third-order valence-electron chi connectivity index (χ3n) is 5.16. The maximum atomic E-state index is 12.7. The largest absolute Gasteiger partial charge is 0.332 e. The molecule has 2 N–H and O–H groups in total. The molecule has 1 atom stereocenters. The fraction of sp³-hybridized carbons (Fsp3) is 0.136. The van der Waals surface area contributed by atoms with E-state index in [9.17, 15) is 13.2 Å². The first-order valence-electron chi connectivity index (χ1n) is 9.85. The Morgan fingerprint density at radius 3 is 2.47 bits per heavy atom. The Morgan fingerprint density at radius 2 is 1.75 bits per heavy atom. The molecule has 0 aliphatic heterocycles. The van der Waals surface area contributed by atoms with E-state index < -0.39 is 10.0 Å². The van der Waals surface area contributed by atoms with Gasteiger partial charge in [0.1, 0.15) is 0 Å². The van der Waals surface area contributed by atoms with E-state index in [0.29, 0.717) is 27.2 Å². The Hall–Kier alpha value is -3.08. The number of aromatic nitrogens is 2. The highest BCUT2D eigenvalue weighted by Crippen LogP contribution is 2.37. The molecule has 1 unspecified atom stereocenters. The highest BCUT2D eigenvalue weighted by Gasteiger charge is 2.29. The molecule has 0 radical (unpaired) electrons. The van der Waals surface area contributed by atoms with Gasteiger partial charge in [-0.25, -0.2) is 18.4 Å². The molecule has 0 saturated heterocycles. The average Bonchev–Trinajstić information content (AvgIpc) is 3.44. The lowest BCUT2D eigenvalue weighted by Gasteiger charge is -2.20. The molecule has 0 saturated carbocycles. The molecule has 1 aliphatic rings. The fourth-order valence-electron chi connectivity index (χ4n) is 3.63. The smallest absolute Gasteiger partial charge is 0.263 e. The van der Waals surface area contributed by atoms with Gasteiger partial charge in [0.05, 0.1) is 15.5 Å². The number of fused-ring (bicyclic) bond motifs is 1. The second-order valence-electron chi connectivity index (χ2n) is 7.33. The molecule has 162 valence electrons. The second-order valence-corrected chi connectivity index (χ2v) is 10.9. The van der Waals surface area contributed by atoms with Crippen LogP contribution in [-0.4, -0.2) is 24.2 Å². The van der Waals surface area contributed by atoms with Crippen molar-refractivity contribution in [1.29, 1.82) is 0 Å². The van der Waals surface area contributed by atoms with Crippen molar-refractivity contribution >= 4 is 54.4 Å². The molecular weight excluding hydrogens is 464 g/mol.